The third-order valence-corrected chi connectivity index (χ3v) is 3.06. The highest BCUT2D eigenvalue weighted by Gasteiger charge is 2.16. The summed E-state index contributed by atoms with van der Waals surface area (Å²) in [6.45, 7) is 8.14. The van der Waals surface area contributed by atoms with Crippen LogP contribution in [0, 0.1) is 0 Å². The van der Waals surface area contributed by atoms with Crippen LogP contribution in [-0.4, -0.2) is 26.9 Å². The van der Waals surface area contributed by atoms with Gasteiger partial charge in [0.15, 0.2) is 6.10 Å². The second-order valence-electron chi connectivity index (χ2n) is 5.88. The summed E-state index contributed by atoms with van der Waals surface area (Å²) in [7, 11) is 0. The third-order valence-electron chi connectivity index (χ3n) is 3.06. The molecule has 1 aromatic heterocycles. The number of aromatic nitrogens is 3. The molecule has 0 aliphatic heterocycles. The van der Waals surface area contributed by atoms with Crippen LogP contribution in [0.1, 0.15) is 33.3 Å². The number of carbonyl (C=O) groups is 1. The molecule has 0 bridgehead atoms. The van der Waals surface area contributed by atoms with Crippen molar-refractivity contribution in [3.05, 3.63) is 42.5 Å². The lowest BCUT2D eigenvalue weighted by Crippen LogP contribution is -2.34. The van der Waals surface area contributed by atoms with Crippen LogP contribution < -0.4 is 10.2 Å². The Bertz CT molecular complexity index is 585. The molecule has 1 amide bonds. The van der Waals surface area contributed by atoms with E-state index in [2.05, 4.69) is 36.4 Å². The molecule has 1 N–H and O–H groups in total. The Hall–Kier alpha value is -2.37. The zero-order valence-corrected chi connectivity index (χ0v) is 12.7. The van der Waals surface area contributed by atoms with Crippen LogP contribution in [0.4, 0.5) is 0 Å². The molecule has 0 aliphatic carbocycles. The van der Waals surface area contributed by atoms with Gasteiger partial charge in [-0.05, 0) is 30.0 Å². The van der Waals surface area contributed by atoms with Crippen molar-refractivity contribution in [2.75, 3.05) is 5.43 Å². The number of benzene rings is 1. The first-order chi connectivity index (χ1) is 9.86. The van der Waals surface area contributed by atoms with Crippen molar-refractivity contribution < 1.29 is 9.53 Å². The fraction of sp³-hybridized carbons (Fsp3) is 0.400. The number of amides is 1. The van der Waals surface area contributed by atoms with Gasteiger partial charge in [0.1, 0.15) is 18.4 Å². The maximum Gasteiger partial charge on any atom is 0.279 e. The molecule has 0 fully saturated rings. The van der Waals surface area contributed by atoms with E-state index < -0.39 is 6.10 Å². The topological polar surface area (TPSA) is 69.0 Å². The lowest BCUT2D eigenvalue weighted by Gasteiger charge is -2.20. The van der Waals surface area contributed by atoms with E-state index in [9.17, 15) is 4.79 Å². The van der Waals surface area contributed by atoms with Crippen LogP contribution in [0.15, 0.2) is 36.9 Å². The second kappa shape index (κ2) is 5.95. The molecular formula is C15H20N4O2. The molecule has 0 saturated carbocycles. The van der Waals surface area contributed by atoms with Gasteiger partial charge in [-0.15, -0.1) is 10.2 Å². The zero-order chi connectivity index (χ0) is 15.5. The highest BCUT2D eigenvalue weighted by atomic mass is 16.5. The Morgan fingerprint density at radius 2 is 1.76 bits per heavy atom. The van der Waals surface area contributed by atoms with Crippen LogP contribution in [0.2, 0.25) is 0 Å². The fourth-order valence-electron chi connectivity index (χ4n) is 1.77. The first kappa shape index (κ1) is 15.0. The number of carbonyl (C=O) groups excluding carboxylic acids is 1. The summed E-state index contributed by atoms with van der Waals surface area (Å²) in [6.07, 6.45) is 2.19. The van der Waals surface area contributed by atoms with Gasteiger partial charge in [0.2, 0.25) is 0 Å². The lowest BCUT2D eigenvalue weighted by atomic mass is 9.87. The van der Waals surface area contributed by atoms with Crippen LogP contribution in [0.3, 0.4) is 0 Å². The summed E-state index contributed by atoms with van der Waals surface area (Å²) < 4.78 is 7.01. The average molecular weight is 288 g/mol. The minimum atomic E-state index is -0.618. The van der Waals surface area contributed by atoms with E-state index in [4.69, 9.17) is 4.74 Å². The molecule has 2 aromatic rings. The van der Waals surface area contributed by atoms with Crippen LogP contribution >= 0.6 is 0 Å². The number of rotatable bonds is 4. The van der Waals surface area contributed by atoms with E-state index in [1.807, 2.05) is 24.3 Å². The van der Waals surface area contributed by atoms with E-state index in [1.165, 1.54) is 22.9 Å². The maximum atomic E-state index is 11.9. The minimum Gasteiger partial charge on any atom is -0.481 e. The number of ether oxygens (including phenoxy) is 1. The monoisotopic (exact) mass is 288 g/mol. The zero-order valence-electron chi connectivity index (χ0n) is 12.7. The van der Waals surface area contributed by atoms with Crippen molar-refractivity contribution in [2.45, 2.75) is 39.2 Å². The van der Waals surface area contributed by atoms with Gasteiger partial charge in [-0.2, -0.15) is 0 Å². The predicted octanol–water partition coefficient (Wildman–Crippen LogP) is 2.11. The quantitative estimate of drug-likeness (QED) is 0.935. The normalized spacial score (nSPS) is 12.8. The molecule has 6 nitrogen and oxygen atoms in total. The average Bonchev–Trinajstić information content (AvgIpc) is 2.91. The van der Waals surface area contributed by atoms with Crippen molar-refractivity contribution in [1.29, 1.82) is 0 Å². The molecule has 6 heteroatoms. The SMILES string of the molecule is C[C@@H](Oc1ccc(C(C)(C)C)cc1)C(=O)Nn1cnnc1. The standard InChI is InChI=1S/C15H20N4O2/c1-11(14(20)18-19-9-16-17-10-19)21-13-7-5-12(6-8-13)15(2,3)4/h5-11H,1-4H3,(H,18,20)/t11-/m1/s1. The van der Waals surface area contributed by atoms with Gasteiger partial charge >= 0.3 is 0 Å². The molecule has 1 atom stereocenters. The predicted molar refractivity (Wildman–Crippen MR) is 79.6 cm³/mol. The van der Waals surface area contributed by atoms with E-state index in [0.29, 0.717) is 5.75 Å². The summed E-state index contributed by atoms with van der Waals surface area (Å²) in [5, 5.41) is 7.22. The van der Waals surface area contributed by atoms with Gasteiger partial charge in [-0.3, -0.25) is 10.2 Å². The highest BCUT2D eigenvalue weighted by molar-refractivity contribution is 5.87. The largest absolute Gasteiger partial charge is 0.481 e. The molecule has 0 aliphatic rings. The molecular weight excluding hydrogens is 268 g/mol. The molecule has 0 radical (unpaired) electrons. The molecule has 1 heterocycles. The summed E-state index contributed by atoms with van der Waals surface area (Å²) in [4.78, 5) is 11.9. The number of nitrogens with one attached hydrogen (secondary N) is 1. The molecule has 2 rings (SSSR count). The van der Waals surface area contributed by atoms with Crippen molar-refractivity contribution >= 4 is 5.91 Å². The van der Waals surface area contributed by atoms with Gasteiger partial charge < -0.3 is 4.74 Å². The van der Waals surface area contributed by atoms with Crippen LogP contribution in [0.25, 0.3) is 0 Å². The Labute approximate surface area is 124 Å². The van der Waals surface area contributed by atoms with E-state index in [0.717, 1.165) is 0 Å². The summed E-state index contributed by atoms with van der Waals surface area (Å²) in [6, 6.07) is 7.78. The fourth-order valence-corrected chi connectivity index (χ4v) is 1.77. The second-order valence-corrected chi connectivity index (χ2v) is 5.88. The third kappa shape index (κ3) is 4.05. The van der Waals surface area contributed by atoms with Crippen molar-refractivity contribution in [3.63, 3.8) is 0 Å². The minimum absolute atomic E-state index is 0.0932. The molecule has 0 spiro atoms. The number of hydrogen-bond acceptors (Lipinski definition) is 4. The van der Waals surface area contributed by atoms with E-state index >= 15 is 0 Å². The van der Waals surface area contributed by atoms with Crippen molar-refractivity contribution in [1.82, 2.24) is 14.9 Å². The van der Waals surface area contributed by atoms with Crippen molar-refractivity contribution in [2.24, 2.45) is 0 Å². The number of hydrogen-bond donors (Lipinski definition) is 1. The van der Waals surface area contributed by atoms with Gasteiger partial charge in [-0.1, -0.05) is 32.9 Å². The Balaban J connectivity index is 1.96. The Morgan fingerprint density at radius 3 is 2.29 bits per heavy atom. The first-order valence-electron chi connectivity index (χ1n) is 6.79. The maximum absolute atomic E-state index is 11.9. The molecule has 0 unspecified atom stereocenters. The van der Waals surface area contributed by atoms with Gasteiger partial charge in [-0.25, -0.2) is 4.68 Å². The molecule has 0 saturated heterocycles. The molecule has 112 valence electrons. The van der Waals surface area contributed by atoms with E-state index in [-0.39, 0.29) is 11.3 Å². The lowest BCUT2D eigenvalue weighted by molar-refractivity contribution is -0.123. The summed E-state index contributed by atoms with van der Waals surface area (Å²) >= 11 is 0. The number of nitrogens with zero attached hydrogens (tertiary/aromatic N) is 3. The summed E-state index contributed by atoms with van der Waals surface area (Å²) in [5.41, 5.74) is 3.92. The highest BCUT2D eigenvalue weighted by Crippen LogP contribution is 2.24. The van der Waals surface area contributed by atoms with Gasteiger partial charge in [0.25, 0.3) is 5.91 Å². The Morgan fingerprint density at radius 1 is 1.19 bits per heavy atom. The smallest absolute Gasteiger partial charge is 0.279 e. The van der Waals surface area contributed by atoms with E-state index in [1.54, 1.807) is 6.92 Å². The van der Waals surface area contributed by atoms with Crippen LogP contribution in [0.5, 0.6) is 5.75 Å². The van der Waals surface area contributed by atoms with Gasteiger partial charge in [0.05, 0.1) is 0 Å². The summed E-state index contributed by atoms with van der Waals surface area (Å²) in [5.74, 6) is 0.393. The van der Waals surface area contributed by atoms with Crippen molar-refractivity contribution in [3.8, 4) is 5.75 Å². The Kier molecular flexibility index (Phi) is 4.26. The first-order valence-corrected chi connectivity index (χ1v) is 6.79. The van der Waals surface area contributed by atoms with Crippen LogP contribution in [-0.2, 0) is 10.2 Å². The molecule has 1 aromatic carbocycles. The molecule has 21 heavy (non-hydrogen) atoms. The van der Waals surface area contributed by atoms with Gasteiger partial charge in [0, 0.05) is 0 Å².